The van der Waals surface area contributed by atoms with E-state index in [0.717, 1.165) is 23.4 Å². The van der Waals surface area contributed by atoms with Crippen LogP contribution >= 0.6 is 0 Å². The van der Waals surface area contributed by atoms with E-state index in [9.17, 15) is 14.0 Å². The van der Waals surface area contributed by atoms with Gasteiger partial charge >= 0.3 is 0 Å². The number of anilines is 2. The van der Waals surface area contributed by atoms with Gasteiger partial charge in [-0.2, -0.15) is 0 Å². The Morgan fingerprint density at radius 2 is 1.69 bits per heavy atom. The van der Waals surface area contributed by atoms with Gasteiger partial charge in [-0.3, -0.25) is 9.59 Å². The maximum atomic E-state index is 13.9. The predicted molar refractivity (Wildman–Crippen MR) is 143 cm³/mol. The lowest BCUT2D eigenvalue weighted by molar-refractivity contribution is -0.128. The van der Waals surface area contributed by atoms with Gasteiger partial charge in [0.15, 0.2) is 0 Å². The maximum Gasteiger partial charge on any atom is 0.258 e. The van der Waals surface area contributed by atoms with E-state index in [2.05, 4.69) is 15.5 Å². The second-order valence-corrected chi connectivity index (χ2v) is 9.44. The van der Waals surface area contributed by atoms with Crippen molar-refractivity contribution in [1.82, 2.24) is 9.80 Å². The minimum Gasteiger partial charge on any atom is -0.354 e. The molecule has 0 saturated carbocycles. The second-order valence-electron chi connectivity index (χ2n) is 9.44. The molecular weight excluding hydrogens is 455 g/mol. The first-order valence-electron chi connectivity index (χ1n) is 11.9. The average molecular weight is 487 g/mol. The molecule has 3 aromatic rings. The molecule has 0 aromatic heterocycles. The van der Waals surface area contributed by atoms with Crippen molar-refractivity contribution in [2.75, 3.05) is 38.8 Å². The zero-order valence-electron chi connectivity index (χ0n) is 21.1. The standard InChI is InChI=1S/C29H31FN4O2/c1-33(2)18-20-8-12-23(13-9-20)31-28(27-24-14-11-22(30)17-25(24)32-29(27)36)21-7-5-6-19(16-21)10-15-26(35)34(3)4/h5-9,11-14,16-17,31H,10,15,18H2,1-4H3,(H,32,36)/b28-27-. The van der Waals surface area contributed by atoms with Crippen molar-refractivity contribution in [2.24, 2.45) is 0 Å². The lowest BCUT2D eigenvalue weighted by atomic mass is 9.97. The molecule has 0 fully saturated rings. The summed E-state index contributed by atoms with van der Waals surface area (Å²) in [5, 5.41) is 6.24. The Balaban J connectivity index is 1.75. The zero-order valence-corrected chi connectivity index (χ0v) is 21.1. The van der Waals surface area contributed by atoms with Crippen LogP contribution in [0.25, 0.3) is 11.3 Å². The Kier molecular flexibility index (Phi) is 7.50. The van der Waals surface area contributed by atoms with Crippen LogP contribution in [-0.4, -0.2) is 49.8 Å². The quantitative estimate of drug-likeness (QED) is 0.447. The van der Waals surface area contributed by atoms with E-state index in [1.54, 1.807) is 25.1 Å². The third-order valence-corrected chi connectivity index (χ3v) is 6.04. The molecule has 2 N–H and O–H groups in total. The molecule has 1 heterocycles. The van der Waals surface area contributed by atoms with Gasteiger partial charge in [0.2, 0.25) is 5.91 Å². The molecule has 7 heteroatoms. The number of hydrogen-bond acceptors (Lipinski definition) is 4. The number of hydrogen-bond donors (Lipinski definition) is 2. The number of halogens is 1. The lowest BCUT2D eigenvalue weighted by Crippen LogP contribution is -2.21. The Morgan fingerprint density at radius 3 is 2.39 bits per heavy atom. The van der Waals surface area contributed by atoms with Crippen LogP contribution < -0.4 is 10.6 Å². The van der Waals surface area contributed by atoms with Crippen molar-refractivity contribution in [3.63, 3.8) is 0 Å². The van der Waals surface area contributed by atoms with Crippen LogP contribution in [0.4, 0.5) is 15.8 Å². The molecular formula is C29H31FN4O2. The number of benzene rings is 3. The molecule has 2 amide bonds. The van der Waals surface area contributed by atoms with Crippen molar-refractivity contribution in [1.29, 1.82) is 0 Å². The second kappa shape index (κ2) is 10.7. The van der Waals surface area contributed by atoms with Gasteiger partial charge in [0.05, 0.1) is 17.0 Å². The Labute approximate surface area is 211 Å². The molecule has 0 atom stereocenters. The summed E-state index contributed by atoms with van der Waals surface area (Å²) in [4.78, 5) is 28.9. The number of nitrogens with one attached hydrogen (secondary N) is 2. The Hall–Kier alpha value is -3.97. The first-order chi connectivity index (χ1) is 17.2. The first-order valence-corrected chi connectivity index (χ1v) is 11.9. The molecule has 6 nitrogen and oxygen atoms in total. The van der Waals surface area contributed by atoms with Crippen LogP contribution in [0.2, 0.25) is 0 Å². The van der Waals surface area contributed by atoms with Crippen molar-refractivity contribution in [2.45, 2.75) is 19.4 Å². The highest BCUT2D eigenvalue weighted by atomic mass is 19.1. The SMILES string of the molecule is CN(C)Cc1ccc(N/C(=C2\C(=O)Nc3cc(F)ccc32)c2cccc(CCC(=O)N(C)C)c2)cc1. The highest BCUT2D eigenvalue weighted by Gasteiger charge is 2.29. The summed E-state index contributed by atoms with van der Waals surface area (Å²) in [7, 11) is 7.53. The van der Waals surface area contributed by atoms with Gasteiger partial charge in [0, 0.05) is 38.3 Å². The number of aryl methyl sites for hydroxylation is 1. The van der Waals surface area contributed by atoms with E-state index >= 15 is 0 Å². The monoisotopic (exact) mass is 486 g/mol. The molecule has 4 rings (SSSR count). The Morgan fingerprint density at radius 1 is 0.944 bits per heavy atom. The van der Waals surface area contributed by atoms with Crippen LogP contribution in [0, 0.1) is 5.82 Å². The predicted octanol–water partition coefficient (Wildman–Crippen LogP) is 4.84. The van der Waals surface area contributed by atoms with Gasteiger partial charge in [-0.15, -0.1) is 0 Å². The largest absolute Gasteiger partial charge is 0.354 e. The molecule has 1 aliphatic rings. The number of nitrogens with zero attached hydrogens (tertiary/aromatic N) is 2. The van der Waals surface area contributed by atoms with Crippen molar-refractivity contribution < 1.29 is 14.0 Å². The number of carbonyl (C=O) groups is 2. The third kappa shape index (κ3) is 5.80. The maximum absolute atomic E-state index is 13.9. The van der Waals surface area contributed by atoms with Crippen LogP contribution in [0.3, 0.4) is 0 Å². The van der Waals surface area contributed by atoms with Gasteiger partial charge in [0.25, 0.3) is 5.91 Å². The number of rotatable bonds is 8. The molecule has 0 bridgehead atoms. The summed E-state index contributed by atoms with van der Waals surface area (Å²) in [6, 6.07) is 20.2. The molecule has 1 aliphatic heterocycles. The average Bonchev–Trinajstić information content (AvgIpc) is 3.16. The topological polar surface area (TPSA) is 64.7 Å². The number of fused-ring (bicyclic) bond motifs is 1. The van der Waals surface area contributed by atoms with Crippen LogP contribution in [0.5, 0.6) is 0 Å². The summed E-state index contributed by atoms with van der Waals surface area (Å²) >= 11 is 0. The normalized spacial score (nSPS) is 13.9. The fourth-order valence-corrected chi connectivity index (χ4v) is 4.23. The zero-order chi connectivity index (χ0) is 25.8. The minimum absolute atomic E-state index is 0.0565. The van der Waals surface area contributed by atoms with E-state index in [1.807, 2.05) is 62.6 Å². The summed E-state index contributed by atoms with van der Waals surface area (Å²) < 4.78 is 13.9. The van der Waals surface area contributed by atoms with Gasteiger partial charge in [-0.25, -0.2) is 4.39 Å². The fourth-order valence-electron chi connectivity index (χ4n) is 4.23. The molecule has 0 aliphatic carbocycles. The lowest BCUT2D eigenvalue weighted by Gasteiger charge is -2.17. The van der Waals surface area contributed by atoms with Crippen molar-refractivity contribution in [3.05, 3.63) is 94.8 Å². The third-order valence-electron chi connectivity index (χ3n) is 6.04. The van der Waals surface area contributed by atoms with Gasteiger partial charge < -0.3 is 20.4 Å². The van der Waals surface area contributed by atoms with E-state index in [4.69, 9.17) is 0 Å². The van der Waals surface area contributed by atoms with Gasteiger partial charge in [-0.1, -0.05) is 30.3 Å². The van der Waals surface area contributed by atoms with E-state index < -0.39 is 5.82 Å². The van der Waals surface area contributed by atoms with Gasteiger partial charge in [0.1, 0.15) is 5.82 Å². The molecule has 36 heavy (non-hydrogen) atoms. The Bertz CT molecular complexity index is 1310. The molecule has 3 aromatic carbocycles. The molecule has 186 valence electrons. The minimum atomic E-state index is -0.408. The van der Waals surface area contributed by atoms with E-state index in [0.29, 0.717) is 35.4 Å². The number of amides is 2. The molecule has 0 radical (unpaired) electrons. The highest BCUT2D eigenvalue weighted by molar-refractivity contribution is 6.37. The van der Waals surface area contributed by atoms with E-state index in [-0.39, 0.29) is 11.8 Å². The fraction of sp³-hybridized carbons (Fsp3) is 0.241. The molecule has 0 spiro atoms. The van der Waals surface area contributed by atoms with Crippen molar-refractivity contribution >= 4 is 34.5 Å². The summed E-state index contributed by atoms with van der Waals surface area (Å²) in [5.41, 5.74) is 5.96. The van der Waals surface area contributed by atoms with Crippen LogP contribution in [0.1, 0.15) is 28.7 Å². The molecule has 0 saturated heterocycles. The summed E-state index contributed by atoms with van der Waals surface area (Å²) in [6.07, 6.45) is 0.979. The molecule has 0 unspecified atom stereocenters. The van der Waals surface area contributed by atoms with E-state index in [1.165, 1.54) is 17.7 Å². The van der Waals surface area contributed by atoms with Crippen LogP contribution in [0.15, 0.2) is 66.7 Å². The van der Waals surface area contributed by atoms with Crippen LogP contribution in [-0.2, 0) is 22.6 Å². The smallest absolute Gasteiger partial charge is 0.258 e. The first kappa shape index (κ1) is 25.1. The van der Waals surface area contributed by atoms with Crippen molar-refractivity contribution in [3.8, 4) is 0 Å². The summed E-state index contributed by atoms with van der Waals surface area (Å²) in [6.45, 7) is 0.823. The summed E-state index contributed by atoms with van der Waals surface area (Å²) in [5.74, 6) is -0.648. The number of carbonyl (C=O) groups excluding carboxylic acids is 2. The van der Waals surface area contributed by atoms with Gasteiger partial charge in [-0.05, 0) is 73.6 Å². The highest BCUT2D eigenvalue weighted by Crippen LogP contribution is 2.38.